The highest BCUT2D eigenvalue weighted by Crippen LogP contribution is 2.35. The van der Waals surface area contributed by atoms with Crippen LogP contribution in [0.1, 0.15) is 52.9 Å². The minimum Gasteiger partial charge on any atom is -0.380 e. The Morgan fingerprint density at radius 2 is 2.00 bits per heavy atom. The van der Waals surface area contributed by atoms with Crippen LogP contribution in [0.3, 0.4) is 0 Å². The minimum atomic E-state index is 0.582. The molecular formula is C16H32N2O. The summed E-state index contributed by atoms with van der Waals surface area (Å²) < 4.78 is 5.74. The summed E-state index contributed by atoms with van der Waals surface area (Å²) in [5.74, 6) is 0. The molecule has 0 aromatic heterocycles. The number of hydrogen-bond acceptors (Lipinski definition) is 3. The van der Waals surface area contributed by atoms with Crippen LogP contribution in [0.4, 0.5) is 0 Å². The molecule has 0 bridgehead atoms. The molecule has 2 atom stereocenters. The molecule has 112 valence electrons. The lowest BCUT2D eigenvalue weighted by Crippen LogP contribution is -2.57. The molecule has 3 nitrogen and oxygen atoms in total. The molecule has 0 aromatic carbocycles. The van der Waals surface area contributed by atoms with Crippen molar-refractivity contribution in [2.75, 3.05) is 32.8 Å². The minimum absolute atomic E-state index is 0.582. The maximum absolute atomic E-state index is 5.74. The summed E-state index contributed by atoms with van der Waals surface area (Å²) in [6.07, 6.45) is 6.41. The first-order valence-electron chi connectivity index (χ1n) is 8.23. The Hall–Kier alpha value is -0.120. The third-order valence-corrected chi connectivity index (χ3v) is 5.31. The number of piperidine rings is 1. The van der Waals surface area contributed by atoms with Crippen molar-refractivity contribution in [3.05, 3.63) is 0 Å². The lowest BCUT2D eigenvalue weighted by molar-refractivity contribution is -0.0247. The molecule has 2 saturated heterocycles. The Morgan fingerprint density at radius 3 is 2.63 bits per heavy atom. The van der Waals surface area contributed by atoms with Crippen LogP contribution in [-0.4, -0.2) is 49.8 Å². The van der Waals surface area contributed by atoms with Gasteiger partial charge in [0.2, 0.25) is 0 Å². The summed E-state index contributed by atoms with van der Waals surface area (Å²) in [6, 6.07) is 1.24. The van der Waals surface area contributed by atoms with Crippen molar-refractivity contribution in [1.82, 2.24) is 10.2 Å². The molecule has 2 fully saturated rings. The van der Waals surface area contributed by atoms with Crippen molar-refractivity contribution in [2.24, 2.45) is 5.41 Å². The number of rotatable bonds is 5. The number of likely N-dealkylation sites (tertiary alicyclic amines) is 1. The molecule has 0 amide bonds. The zero-order chi connectivity index (χ0) is 13.7. The average molecular weight is 268 g/mol. The topological polar surface area (TPSA) is 24.5 Å². The fourth-order valence-corrected chi connectivity index (χ4v) is 3.40. The third kappa shape index (κ3) is 3.93. The molecule has 0 aliphatic carbocycles. The van der Waals surface area contributed by atoms with Gasteiger partial charge < -0.3 is 10.1 Å². The van der Waals surface area contributed by atoms with Crippen LogP contribution >= 0.6 is 0 Å². The van der Waals surface area contributed by atoms with Crippen molar-refractivity contribution >= 4 is 0 Å². The Kier molecular flexibility index (Phi) is 5.67. The lowest BCUT2D eigenvalue weighted by atomic mass is 9.77. The van der Waals surface area contributed by atoms with Gasteiger partial charge in [-0.25, -0.2) is 0 Å². The number of nitrogens with zero attached hydrogens (tertiary/aromatic N) is 1. The van der Waals surface area contributed by atoms with E-state index in [1.165, 1.54) is 45.2 Å². The van der Waals surface area contributed by atoms with Gasteiger partial charge >= 0.3 is 0 Å². The van der Waals surface area contributed by atoms with Crippen LogP contribution < -0.4 is 5.32 Å². The van der Waals surface area contributed by atoms with E-state index in [0.29, 0.717) is 17.5 Å². The standard InChI is InChI=1S/C16H32N2O/c1-4-9-17-14-6-12-19-13-15(14)18-10-7-16(3,5-2)8-11-18/h14-15,17H,4-13H2,1-3H3. The van der Waals surface area contributed by atoms with Gasteiger partial charge in [0.1, 0.15) is 0 Å². The van der Waals surface area contributed by atoms with Gasteiger partial charge in [-0.1, -0.05) is 27.2 Å². The molecule has 2 aliphatic rings. The zero-order valence-electron chi connectivity index (χ0n) is 13.1. The molecule has 1 N–H and O–H groups in total. The van der Waals surface area contributed by atoms with E-state index in [2.05, 4.69) is 31.0 Å². The first-order valence-corrected chi connectivity index (χ1v) is 8.23. The van der Waals surface area contributed by atoms with Crippen LogP contribution in [0.5, 0.6) is 0 Å². The Balaban J connectivity index is 1.88. The zero-order valence-corrected chi connectivity index (χ0v) is 13.1. The Bertz CT molecular complexity index is 261. The molecule has 0 radical (unpaired) electrons. The fourth-order valence-electron chi connectivity index (χ4n) is 3.40. The Labute approximate surface area is 119 Å². The molecule has 2 aliphatic heterocycles. The predicted octanol–water partition coefficient (Wildman–Crippen LogP) is 2.66. The molecule has 0 aromatic rings. The normalized spacial score (nSPS) is 32.4. The molecule has 0 spiro atoms. The number of nitrogens with one attached hydrogen (secondary N) is 1. The largest absolute Gasteiger partial charge is 0.380 e. The molecular weight excluding hydrogens is 236 g/mol. The first-order chi connectivity index (χ1) is 9.18. The number of hydrogen-bond donors (Lipinski definition) is 1. The van der Waals surface area contributed by atoms with E-state index < -0.39 is 0 Å². The monoisotopic (exact) mass is 268 g/mol. The van der Waals surface area contributed by atoms with Crippen LogP contribution in [0, 0.1) is 5.41 Å². The second-order valence-corrected chi connectivity index (χ2v) is 6.69. The van der Waals surface area contributed by atoms with Gasteiger partial charge in [0.25, 0.3) is 0 Å². The van der Waals surface area contributed by atoms with Crippen LogP contribution in [0.2, 0.25) is 0 Å². The van der Waals surface area contributed by atoms with Crippen molar-refractivity contribution in [1.29, 1.82) is 0 Å². The van der Waals surface area contributed by atoms with E-state index in [-0.39, 0.29) is 0 Å². The van der Waals surface area contributed by atoms with E-state index in [9.17, 15) is 0 Å². The van der Waals surface area contributed by atoms with Gasteiger partial charge in [0.05, 0.1) is 6.61 Å². The summed E-state index contributed by atoms with van der Waals surface area (Å²) >= 11 is 0. The highest BCUT2D eigenvalue weighted by molar-refractivity contribution is 4.91. The van der Waals surface area contributed by atoms with Gasteiger partial charge in [0, 0.05) is 18.7 Å². The van der Waals surface area contributed by atoms with Crippen molar-refractivity contribution < 1.29 is 4.74 Å². The van der Waals surface area contributed by atoms with Crippen molar-refractivity contribution in [3.63, 3.8) is 0 Å². The summed E-state index contributed by atoms with van der Waals surface area (Å²) in [4.78, 5) is 2.68. The van der Waals surface area contributed by atoms with Crippen molar-refractivity contribution in [2.45, 2.75) is 65.0 Å². The summed E-state index contributed by atoms with van der Waals surface area (Å²) in [5, 5.41) is 3.73. The predicted molar refractivity (Wildman–Crippen MR) is 80.5 cm³/mol. The quantitative estimate of drug-likeness (QED) is 0.829. The molecule has 2 rings (SSSR count). The van der Waals surface area contributed by atoms with Gasteiger partial charge in [0.15, 0.2) is 0 Å². The fraction of sp³-hybridized carbons (Fsp3) is 1.00. The number of ether oxygens (including phenoxy) is 1. The van der Waals surface area contributed by atoms with Gasteiger partial charge in [-0.3, -0.25) is 4.90 Å². The second kappa shape index (κ2) is 7.05. The molecule has 19 heavy (non-hydrogen) atoms. The maximum atomic E-state index is 5.74. The molecule has 2 unspecified atom stereocenters. The second-order valence-electron chi connectivity index (χ2n) is 6.69. The van der Waals surface area contributed by atoms with Crippen LogP contribution in [0.25, 0.3) is 0 Å². The van der Waals surface area contributed by atoms with E-state index in [1.807, 2.05) is 0 Å². The van der Waals surface area contributed by atoms with Gasteiger partial charge in [-0.2, -0.15) is 0 Å². The average Bonchev–Trinajstić information content (AvgIpc) is 2.46. The van der Waals surface area contributed by atoms with Crippen molar-refractivity contribution in [3.8, 4) is 0 Å². The molecule has 0 saturated carbocycles. The highest BCUT2D eigenvalue weighted by atomic mass is 16.5. The Morgan fingerprint density at radius 1 is 1.26 bits per heavy atom. The summed E-state index contributed by atoms with van der Waals surface area (Å²) in [5.41, 5.74) is 0.582. The summed E-state index contributed by atoms with van der Waals surface area (Å²) in [7, 11) is 0. The smallest absolute Gasteiger partial charge is 0.0637 e. The molecule has 2 heterocycles. The van der Waals surface area contributed by atoms with E-state index in [1.54, 1.807) is 0 Å². The molecule has 3 heteroatoms. The van der Waals surface area contributed by atoms with E-state index >= 15 is 0 Å². The van der Waals surface area contributed by atoms with E-state index in [4.69, 9.17) is 4.74 Å². The third-order valence-electron chi connectivity index (χ3n) is 5.31. The summed E-state index contributed by atoms with van der Waals surface area (Å²) in [6.45, 7) is 12.5. The highest BCUT2D eigenvalue weighted by Gasteiger charge is 2.35. The van der Waals surface area contributed by atoms with Gasteiger partial charge in [-0.15, -0.1) is 0 Å². The van der Waals surface area contributed by atoms with Gasteiger partial charge in [-0.05, 0) is 50.7 Å². The van der Waals surface area contributed by atoms with Crippen LogP contribution in [-0.2, 0) is 4.74 Å². The van der Waals surface area contributed by atoms with E-state index in [0.717, 1.165) is 19.8 Å². The van der Waals surface area contributed by atoms with Crippen LogP contribution in [0.15, 0.2) is 0 Å². The lowest BCUT2D eigenvalue weighted by Gasteiger charge is -2.46. The maximum Gasteiger partial charge on any atom is 0.0637 e. The first kappa shape index (κ1) is 15.3. The SMILES string of the molecule is CCCNC1CCOCC1N1CCC(C)(CC)CC1.